The van der Waals surface area contributed by atoms with E-state index < -0.39 is 55.1 Å². The van der Waals surface area contributed by atoms with E-state index in [9.17, 15) is 32.3 Å². The molecule has 188 valence electrons. The molecule has 1 saturated carbocycles. The number of Topliss-reactive ketones (excluding diaryl/α,β-unsaturated/α-hetero) is 2. The molecule has 3 heterocycles. The van der Waals surface area contributed by atoms with Gasteiger partial charge in [0.1, 0.15) is 12.2 Å². The average Bonchev–Trinajstić information content (AvgIpc) is 3.30. The van der Waals surface area contributed by atoms with Crippen LogP contribution in [0.25, 0.3) is 11.0 Å². The van der Waals surface area contributed by atoms with Gasteiger partial charge in [-0.1, -0.05) is 0 Å². The highest BCUT2D eigenvalue weighted by Crippen LogP contribution is 2.48. The van der Waals surface area contributed by atoms with Crippen molar-refractivity contribution >= 4 is 34.5 Å². The lowest BCUT2D eigenvalue weighted by Crippen LogP contribution is -2.45. The maximum atomic E-state index is 13.3. The summed E-state index contributed by atoms with van der Waals surface area (Å²) in [6.45, 7) is 1.11. The van der Waals surface area contributed by atoms with Crippen LogP contribution in [0.2, 0.25) is 0 Å². The molecule has 1 aliphatic carbocycles. The summed E-state index contributed by atoms with van der Waals surface area (Å²) in [5, 5.41) is 4.75. The Bertz CT molecular complexity index is 1180. The Kier molecular flexibility index (Phi) is 6.65. The third-order valence-corrected chi connectivity index (χ3v) is 6.65. The minimum Gasteiger partial charge on any atom is -0.469 e. The summed E-state index contributed by atoms with van der Waals surface area (Å²) in [5.41, 5.74) is 0.545. The second kappa shape index (κ2) is 9.38. The van der Waals surface area contributed by atoms with Crippen LogP contribution in [0.4, 0.5) is 13.2 Å². The zero-order valence-corrected chi connectivity index (χ0v) is 19.2. The number of methoxy groups -OCH3 is 1. The number of halogens is 3. The second-order valence-corrected chi connectivity index (χ2v) is 9.10. The number of pyridine rings is 1. The van der Waals surface area contributed by atoms with Crippen molar-refractivity contribution in [3.63, 3.8) is 0 Å². The van der Waals surface area contributed by atoms with E-state index in [-0.39, 0.29) is 30.0 Å². The molecule has 1 amide bonds. The average molecular weight is 494 g/mol. The summed E-state index contributed by atoms with van der Waals surface area (Å²) in [4.78, 5) is 56.0. The highest BCUT2D eigenvalue weighted by atomic mass is 19.4. The fourth-order valence-electron chi connectivity index (χ4n) is 4.88. The molecule has 0 radical (unpaired) electrons. The number of aromatic nitrogens is 3. The summed E-state index contributed by atoms with van der Waals surface area (Å²) < 4.78 is 44.0. The number of amides is 1. The molecule has 0 aromatic carbocycles. The summed E-state index contributed by atoms with van der Waals surface area (Å²) in [5.74, 6) is -3.12. The number of carbonyl (C=O) groups excluding carboxylic acids is 4. The number of alkyl halides is 3. The lowest BCUT2D eigenvalue weighted by molar-refractivity contribution is -0.154. The van der Waals surface area contributed by atoms with Crippen LogP contribution in [0, 0.1) is 11.8 Å². The molecule has 9 nitrogen and oxygen atoms in total. The van der Waals surface area contributed by atoms with Gasteiger partial charge >= 0.3 is 12.1 Å². The molecule has 4 rings (SSSR count). The molecule has 2 aromatic heterocycles. The second-order valence-electron chi connectivity index (χ2n) is 9.10. The molecule has 2 aliphatic rings. The number of esters is 1. The van der Waals surface area contributed by atoms with Gasteiger partial charge in [0.05, 0.1) is 24.5 Å². The summed E-state index contributed by atoms with van der Waals surface area (Å²) in [6, 6.07) is 2.37. The van der Waals surface area contributed by atoms with Gasteiger partial charge in [0.25, 0.3) is 0 Å². The van der Waals surface area contributed by atoms with Gasteiger partial charge in [0.15, 0.2) is 17.2 Å². The zero-order chi connectivity index (χ0) is 25.5. The minimum atomic E-state index is -4.47. The third-order valence-electron chi connectivity index (χ3n) is 6.65. The van der Waals surface area contributed by atoms with Gasteiger partial charge < -0.3 is 9.64 Å². The number of carbonyl (C=O) groups is 4. The van der Waals surface area contributed by atoms with Crippen LogP contribution in [-0.4, -0.2) is 68.5 Å². The first-order valence-electron chi connectivity index (χ1n) is 11.3. The van der Waals surface area contributed by atoms with Crippen molar-refractivity contribution in [2.24, 2.45) is 11.8 Å². The quantitative estimate of drug-likeness (QED) is 0.389. The monoisotopic (exact) mass is 494 g/mol. The van der Waals surface area contributed by atoms with Gasteiger partial charge in [0, 0.05) is 32.0 Å². The highest BCUT2D eigenvalue weighted by Gasteiger charge is 2.56. The normalized spacial score (nSPS) is 22.1. The highest BCUT2D eigenvalue weighted by molar-refractivity contribution is 6.04. The molecule has 2 fully saturated rings. The number of hydrogen-bond acceptors (Lipinski definition) is 7. The predicted octanol–water partition coefficient (Wildman–Crippen LogP) is 2.71. The Hall–Kier alpha value is -3.31. The van der Waals surface area contributed by atoms with E-state index in [4.69, 9.17) is 0 Å². The smallest absolute Gasteiger partial charge is 0.389 e. The molecular weight excluding hydrogens is 469 g/mol. The van der Waals surface area contributed by atoms with Crippen molar-refractivity contribution in [3.8, 4) is 0 Å². The Morgan fingerprint density at radius 3 is 2.63 bits per heavy atom. The van der Waals surface area contributed by atoms with Crippen molar-refractivity contribution in [1.82, 2.24) is 19.7 Å². The molecular formula is C23H25F3N4O5. The first-order valence-corrected chi connectivity index (χ1v) is 11.3. The Balaban J connectivity index is 1.50. The topological polar surface area (TPSA) is 111 Å². The van der Waals surface area contributed by atoms with Crippen LogP contribution in [0.15, 0.2) is 18.3 Å². The fourth-order valence-corrected chi connectivity index (χ4v) is 4.88. The van der Waals surface area contributed by atoms with E-state index >= 15 is 0 Å². The number of ether oxygens (including phenoxy) is 1. The van der Waals surface area contributed by atoms with Gasteiger partial charge in [-0.3, -0.25) is 19.2 Å². The number of rotatable bonds is 9. The first kappa shape index (κ1) is 24.8. The molecule has 0 spiro atoms. The maximum absolute atomic E-state index is 13.3. The van der Waals surface area contributed by atoms with E-state index in [1.165, 1.54) is 22.7 Å². The number of hydrogen-bond donors (Lipinski definition) is 0. The molecule has 1 aliphatic heterocycles. The van der Waals surface area contributed by atoms with E-state index in [1.54, 1.807) is 12.1 Å². The van der Waals surface area contributed by atoms with Crippen LogP contribution in [-0.2, 0) is 25.7 Å². The molecule has 35 heavy (non-hydrogen) atoms. The minimum absolute atomic E-state index is 0.134. The molecule has 2 aromatic rings. The first-order chi connectivity index (χ1) is 16.5. The van der Waals surface area contributed by atoms with Gasteiger partial charge in [-0.2, -0.15) is 18.3 Å². The van der Waals surface area contributed by atoms with E-state index in [1.807, 2.05) is 0 Å². The lowest BCUT2D eigenvalue weighted by atomic mass is 9.92. The van der Waals surface area contributed by atoms with Crippen molar-refractivity contribution in [1.29, 1.82) is 0 Å². The van der Waals surface area contributed by atoms with E-state index in [0.29, 0.717) is 17.5 Å². The molecule has 12 heteroatoms. The van der Waals surface area contributed by atoms with Crippen molar-refractivity contribution in [2.75, 3.05) is 7.11 Å². The van der Waals surface area contributed by atoms with Crippen molar-refractivity contribution < 1.29 is 37.1 Å². The van der Waals surface area contributed by atoms with E-state index in [2.05, 4.69) is 14.8 Å². The van der Waals surface area contributed by atoms with Crippen LogP contribution in [0.3, 0.4) is 0 Å². The maximum Gasteiger partial charge on any atom is 0.389 e. The molecule has 4 atom stereocenters. The van der Waals surface area contributed by atoms with Crippen LogP contribution in [0.1, 0.15) is 49.5 Å². The van der Waals surface area contributed by atoms with Gasteiger partial charge in [-0.15, -0.1) is 0 Å². The Morgan fingerprint density at radius 2 is 1.97 bits per heavy atom. The Labute approximate surface area is 198 Å². The number of ketones is 2. The SMILES string of the molecule is COC(=O)C(CCC(F)(F)F)CC(=O)[C@@H]1C[C@H]2C[C@H]2N1C(=O)Cn1nc(C(C)=O)c2cccnc21. The third kappa shape index (κ3) is 5.20. The molecule has 0 bridgehead atoms. The number of likely N-dealkylation sites (tertiary alicyclic amines) is 1. The van der Waals surface area contributed by atoms with Crippen LogP contribution < -0.4 is 0 Å². The Morgan fingerprint density at radius 1 is 1.23 bits per heavy atom. The van der Waals surface area contributed by atoms with E-state index in [0.717, 1.165) is 13.5 Å². The number of nitrogens with zero attached hydrogens (tertiary/aromatic N) is 4. The predicted molar refractivity (Wildman–Crippen MR) is 115 cm³/mol. The number of fused-ring (bicyclic) bond motifs is 2. The van der Waals surface area contributed by atoms with Crippen molar-refractivity contribution in [3.05, 3.63) is 24.0 Å². The molecule has 1 unspecified atom stereocenters. The van der Waals surface area contributed by atoms with Crippen LogP contribution >= 0.6 is 0 Å². The number of piperidine rings is 1. The standard InChI is InChI=1S/C23H25F3N4O5/c1-12(31)20-15-4-3-7-27-21(15)29(28-20)11-19(33)30-16-8-14(16)9-17(30)18(32)10-13(22(34)35-2)5-6-23(24,25)26/h3-4,7,13-14,16-17H,5-6,8-11H2,1-2H3/t13?,14-,16-,17+/m1/s1. The van der Waals surface area contributed by atoms with Crippen molar-refractivity contribution in [2.45, 2.75) is 63.8 Å². The molecule has 1 saturated heterocycles. The fraction of sp³-hybridized carbons (Fsp3) is 0.565. The van der Waals surface area contributed by atoms with Gasteiger partial charge in [0.2, 0.25) is 5.91 Å². The van der Waals surface area contributed by atoms with Crippen LogP contribution in [0.5, 0.6) is 0 Å². The van der Waals surface area contributed by atoms with Gasteiger partial charge in [-0.05, 0) is 37.3 Å². The largest absolute Gasteiger partial charge is 0.469 e. The summed E-state index contributed by atoms with van der Waals surface area (Å²) in [6.07, 6.45) is -4.02. The zero-order valence-electron chi connectivity index (χ0n) is 19.2. The summed E-state index contributed by atoms with van der Waals surface area (Å²) >= 11 is 0. The lowest BCUT2D eigenvalue weighted by Gasteiger charge is -2.28. The molecule has 0 N–H and O–H groups in total. The summed E-state index contributed by atoms with van der Waals surface area (Å²) in [7, 11) is 1.06. The van der Waals surface area contributed by atoms with Gasteiger partial charge in [-0.25, -0.2) is 9.67 Å².